The van der Waals surface area contributed by atoms with Crippen molar-refractivity contribution in [1.82, 2.24) is 18.7 Å². The smallest absolute Gasteiger partial charge is 0.332 e. The van der Waals surface area contributed by atoms with E-state index in [0.29, 0.717) is 36.0 Å². The molecule has 0 bridgehead atoms. The molecule has 1 aliphatic heterocycles. The minimum absolute atomic E-state index is 0.0737. The van der Waals surface area contributed by atoms with Crippen LogP contribution in [0.3, 0.4) is 0 Å². The summed E-state index contributed by atoms with van der Waals surface area (Å²) in [5.74, 6) is 0.998. The van der Waals surface area contributed by atoms with Gasteiger partial charge in [-0.3, -0.25) is 13.9 Å². The number of nitrogens with zero attached hydrogens (tertiary/aromatic N) is 5. The average molecular weight is 397 g/mol. The Morgan fingerprint density at radius 2 is 1.83 bits per heavy atom. The minimum atomic E-state index is -0.405. The molecule has 1 aliphatic rings. The second-order valence-electron chi connectivity index (χ2n) is 8.13. The number of anilines is 2. The predicted octanol–water partition coefficient (Wildman–Crippen LogP) is 1.68. The van der Waals surface area contributed by atoms with E-state index in [1.54, 1.807) is 7.05 Å². The van der Waals surface area contributed by atoms with Crippen molar-refractivity contribution < 1.29 is 5.11 Å². The van der Waals surface area contributed by atoms with Crippen LogP contribution in [-0.2, 0) is 20.1 Å². The Morgan fingerprint density at radius 1 is 1.14 bits per heavy atom. The van der Waals surface area contributed by atoms with Crippen LogP contribution in [0.5, 0.6) is 0 Å². The first kappa shape index (κ1) is 19.4. The second kappa shape index (κ2) is 7.18. The molecule has 1 atom stereocenters. The predicted molar refractivity (Wildman–Crippen MR) is 113 cm³/mol. The second-order valence-corrected chi connectivity index (χ2v) is 8.13. The first-order chi connectivity index (χ1) is 13.8. The van der Waals surface area contributed by atoms with E-state index in [9.17, 15) is 9.59 Å². The zero-order valence-corrected chi connectivity index (χ0v) is 17.3. The Bertz CT molecular complexity index is 1180. The van der Waals surface area contributed by atoms with Gasteiger partial charge in [0.25, 0.3) is 5.56 Å². The molecule has 0 saturated heterocycles. The van der Waals surface area contributed by atoms with Crippen LogP contribution in [0, 0.1) is 19.8 Å². The Hall–Kier alpha value is -2.87. The highest BCUT2D eigenvalue weighted by Gasteiger charge is 2.29. The molecule has 154 valence electrons. The first-order valence-corrected chi connectivity index (χ1v) is 9.98. The number of hydrogen-bond donors (Lipinski definition) is 1. The van der Waals surface area contributed by atoms with Crippen LogP contribution in [0.1, 0.15) is 24.5 Å². The van der Waals surface area contributed by atoms with Gasteiger partial charge in [-0.05, 0) is 49.4 Å². The molecule has 0 fully saturated rings. The van der Waals surface area contributed by atoms with E-state index in [1.807, 2.05) is 4.57 Å². The van der Waals surface area contributed by atoms with Gasteiger partial charge in [0.1, 0.15) is 0 Å². The third kappa shape index (κ3) is 3.17. The van der Waals surface area contributed by atoms with Gasteiger partial charge in [0, 0.05) is 39.0 Å². The van der Waals surface area contributed by atoms with Crippen LogP contribution in [-0.4, -0.2) is 36.9 Å². The first-order valence-electron chi connectivity index (χ1n) is 9.98. The van der Waals surface area contributed by atoms with E-state index in [1.165, 1.54) is 20.3 Å². The summed E-state index contributed by atoms with van der Waals surface area (Å²) in [6.45, 7) is 7.85. The molecule has 1 N–H and O–H groups in total. The number of aryl methyl sites for hydroxylation is 3. The molecule has 3 aromatic rings. The molecular formula is C21H27N5O3. The third-order valence-electron chi connectivity index (χ3n) is 5.50. The van der Waals surface area contributed by atoms with Crippen molar-refractivity contribution in [3.05, 3.63) is 50.2 Å². The Kier molecular flexibility index (Phi) is 4.82. The van der Waals surface area contributed by atoms with Gasteiger partial charge in [0.15, 0.2) is 11.2 Å². The van der Waals surface area contributed by atoms with Crippen molar-refractivity contribution in [2.75, 3.05) is 18.1 Å². The van der Waals surface area contributed by atoms with Crippen molar-refractivity contribution in [3.8, 4) is 0 Å². The molecule has 8 heteroatoms. The maximum absolute atomic E-state index is 13.2. The number of hydrogen-bond acceptors (Lipinski definition) is 5. The van der Waals surface area contributed by atoms with Crippen LogP contribution in [0.15, 0.2) is 27.8 Å². The quantitative estimate of drug-likeness (QED) is 0.724. The topological polar surface area (TPSA) is 85.3 Å². The summed E-state index contributed by atoms with van der Waals surface area (Å²) >= 11 is 0. The summed E-state index contributed by atoms with van der Waals surface area (Å²) in [5.41, 5.74) is 3.47. The zero-order chi connectivity index (χ0) is 20.9. The summed E-state index contributed by atoms with van der Waals surface area (Å²) in [4.78, 5) is 32.8. The van der Waals surface area contributed by atoms with Gasteiger partial charge in [-0.25, -0.2) is 4.79 Å². The molecule has 4 rings (SSSR count). The highest BCUT2D eigenvalue weighted by molar-refractivity contribution is 5.77. The lowest BCUT2D eigenvalue weighted by molar-refractivity contribution is 0.277. The SMILES string of the molecule is Cc1cc(C)cc(N2CC(C)Cn3c2nc2c3c(=O)n(CCCO)c(=O)n2C)c1. The number of aliphatic hydroxyl groups is 1. The molecule has 0 aliphatic carbocycles. The number of aromatic nitrogens is 4. The zero-order valence-electron chi connectivity index (χ0n) is 17.3. The normalized spacial score (nSPS) is 16.4. The summed E-state index contributed by atoms with van der Waals surface area (Å²) < 4.78 is 4.58. The van der Waals surface area contributed by atoms with E-state index in [-0.39, 0.29) is 18.7 Å². The van der Waals surface area contributed by atoms with Gasteiger partial charge >= 0.3 is 5.69 Å². The molecule has 0 amide bonds. The minimum Gasteiger partial charge on any atom is -0.396 e. The summed E-state index contributed by atoms with van der Waals surface area (Å²) in [6.07, 6.45) is 0.354. The molecular weight excluding hydrogens is 370 g/mol. The van der Waals surface area contributed by atoms with Crippen LogP contribution in [0.25, 0.3) is 11.2 Å². The number of imidazole rings is 1. The van der Waals surface area contributed by atoms with Gasteiger partial charge in [0.05, 0.1) is 0 Å². The van der Waals surface area contributed by atoms with Gasteiger partial charge in [0.2, 0.25) is 5.95 Å². The van der Waals surface area contributed by atoms with Gasteiger partial charge in [-0.1, -0.05) is 13.0 Å². The van der Waals surface area contributed by atoms with Crippen LogP contribution in [0.2, 0.25) is 0 Å². The maximum Gasteiger partial charge on any atom is 0.332 e. The molecule has 1 unspecified atom stereocenters. The van der Waals surface area contributed by atoms with Gasteiger partial charge < -0.3 is 14.6 Å². The molecule has 2 aromatic heterocycles. The fourth-order valence-corrected chi connectivity index (χ4v) is 4.26. The van der Waals surface area contributed by atoms with E-state index < -0.39 is 5.69 Å². The molecule has 29 heavy (non-hydrogen) atoms. The van der Waals surface area contributed by atoms with Gasteiger partial charge in [-0.2, -0.15) is 4.98 Å². The van der Waals surface area contributed by atoms with Crippen LogP contribution < -0.4 is 16.1 Å². The van der Waals surface area contributed by atoms with Crippen molar-refractivity contribution in [2.45, 2.75) is 40.3 Å². The standard InChI is InChI=1S/C21H27N5O3/c1-13-8-14(2)10-16(9-13)25-11-15(3)12-26-17-18(22-20(25)26)23(4)21(29)24(19(17)28)6-5-7-27/h8-10,15,27H,5-7,11-12H2,1-4H3. The Morgan fingerprint density at radius 3 is 2.48 bits per heavy atom. The van der Waals surface area contributed by atoms with E-state index in [4.69, 9.17) is 10.1 Å². The largest absolute Gasteiger partial charge is 0.396 e. The summed E-state index contributed by atoms with van der Waals surface area (Å²) in [5, 5.41) is 9.14. The molecule has 0 radical (unpaired) electrons. The lowest BCUT2D eigenvalue weighted by Crippen LogP contribution is -2.40. The summed E-state index contributed by atoms with van der Waals surface area (Å²) in [6, 6.07) is 6.37. The van der Waals surface area contributed by atoms with Crippen LogP contribution in [0.4, 0.5) is 11.6 Å². The highest BCUT2D eigenvalue weighted by atomic mass is 16.3. The van der Waals surface area contributed by atoms with Crippen LogP contribution >= 0.6 is 0 Å². The number of fused-ring (bicyclic) bond motifs is 3. The lowest BCUT2D eigenvalue weighted by atomic mass is 10.1. The summed E-state index contributed by atoms with van der Waals surface area (Å²) in [7, 11) is 1.64. The monoisotopic (exact) mass is 397 g/mol. The van der Waals surface area contributed by atoms with Gasteiger partial charge in [-0.15, -0.1) is 0 Å². The third-order valence-corrected chi connectivity index (χ3v) is 5.50. The van der Waals surface area contributed by atoms with E-state index >= 15 is 0 Å². The maximum atomic E-state index is 13.2. The fraction of sp³-hybridized carbons (Fsp3) is 0.476. The molecule has 0 spiro atoms. The van der Waals surface area contributed by atoms with Crippen molar-refractivity contribution in [1.29, 1.82) is 0 Å². The average Bonchev–Trinajstić information content (AvgIpc) is 3.04. The molecule has 8 nitrogen and oxygen atoms in total. The van der Waals surface area contributed by atoms with E-state index in [0.717, 1.165) is 12.2 Å². The number of aliphatic hydroxyl groups excluding tert-OH is 1. The van der Waals surface area contributed by atoms with E-state index in [2.05, 4.69) is 43.9 Å². The molecule has 3 heterocycles. The Labute approximate surface area is 168 Å². The lowest BCUT2D eigenvalue weighted by Gasteiger charge is -2.33. The van der Waals surface area contributed by atoms with Crippen molar-refractivity contribution >= 4 is 22.8 Å². The molecule has 1 aromatic carbocycles. The molecule has 0 saturated carbocycles. The Balaban J connectivity index is 1.98. The van der Waals surface area contributed by atoms with Crippen molar-refractivity contribution in [3.63, 3.8) is 0 Å². The highest BCUT2D eigenvalue weighted by Crippen LogP contribution is 2.33. The number of rotatable bonds is 4. The van der Waals surface area contributed by atoms with Crippen molar-refractivity contribution in [2.24, 2.45) is 13.0 Å². The number of benzene rings is 1. The fourth-order valence-electron chi connectivity index (χ4n) is 4.26.